The first-order chi connectivity index (χ1) is 10.7. The predicted molar refractivity (Wildman–Crippen MR) is 86.6 cm³/mol. The molecule has 114 valence electrons. The van der Waals surface area contributed by atoms with Crippen molar-refractivity contribution in [1.82, 2.24) is 4.90 Å². The lowest BCUT2D eigenvalue weighted by Gasteiger charge is -2.49. The summed E-state index contributed by atoms with van der Waals surface area (Å²) in [4.78, 5) is 2.35. The molecule has 3 fully saturated rings. The van der Waals surface area contributed by atoms with Gasteiger partial charge < -0.3 is 10.2 Å². The highest BCUT2D eigenvalue weighted by molar-refractivity contribution is 5.70. The van der Waals surface area contributed by atoms with Crippen molar-refractivity contribution in [2.45, 2.75) is 25.0 Å². The second-order valence-electron chi connectivity index (χ2n) is 6.45. The fourth-order valence-corrected chi connectivity index (χ4v) is 4.02. The predicted octanol–water partition coefficient (Wildman–Crippen LogP) is 3.19. The smallest absolute Gasteiger partial charge is 0.123 e. The third-order valence-corrected chi connectivity index (χ3v) is 5.22. The van der Waals surface area contributed by atoms with Crippen LogP contribution in [0.25, 0.3) is 11.1 Å². The average Bonchev–Trinajstić information content (AvgIpc) is 2.56. The van der Waals surface area contributed by atoms with Crippen molar-refractivity contribution in [3.8, 4) is 16.9 Å². The molecule has 3 nitrogen and oxygen atoms in total. The summed E-state index contributed by atoms with van der Waals surface area (Å²) < 4.78 is 0. The van der Waals surface area contributed by atoms with Gasteiger partial charge in [-0.05, 0) is 49.0 Å². The molecule has 3 aliphatic rings. The van der Waals surface area contributed by atoms with E-state index in [1.54, 1.807) is 0 Å². The normalized spacial score (nSPS) is 30.4. The molecule has 0 amide bonds. The highest BCUT2D eigenvalue weighted by atomic mass is 16.3. The fourth-order valence-electron chi connectivity index (χ4n) is 4.02. The highest BCUT2D eigenvalue weighted by Gasteiger charge is 2.41. The Labute approximate surface area is 130 Å². The molecular formula is C19H21NO2. The van der Waals surface area contributed by atoms with Gasteiger partial charge in [0.15, 0.2) is 0 Å². The van der Waals surface area contributed by atoms with Crippen LogP contribution in [0.5, 0.6) is 5.75 Å². The summed E-state index contributed by atoms with van der Waals surface area (Å²) in [7, 11) is 0. The van der Waals surface area contributed by atoms with Crippen LogP contribution in [-0.4, -0.2) is 34.3 Å². The summed E-state index contributed by atoms with van der Waals surface area (Å²) in [5, 5.41) is 21.0. The van der Waals surface area contributed by atoms with Gasteiger partial charge in [-0.2, -0.15) is 0 Å². The van der Waals surface area contributed by atoms with Crippen molar-refractivity contribution < 1.29 is 10.2 Å². The lowest BCUT2D eigenvalue weighted by Crippen LogP contribution is -2.52. The second kappa shape index (κ2) is 5.41. The summed E-state index contributed by atoms with van der Waals surface area (Å²) >= 11 is 0. The SMILES string of the molecule is Oc1cc(C2C(O)C3CCN2CC3)ccc1-c1ccccc1. The van der Waals surface area contributed by atoms with Crippen LogP contribution in [-0.2, 0) is 0 Å². The van der Waals surface area contributed by atoms with Crippen LogP contribution in [0.3, 0.4) is 0 Å². The number of rotatable bonds is 2. The number of fused-ring (bicyclic) bond motifs is 3. The third-order valence-electron chi connectivity index (χ3n) is 5.22. The maximum atomic E-state index is 10.6. The zero-order chi connectivity index (χ0) is 15.1. The Bertz CT molecular complexity index is 660. The molecule has 2 aromatic rings. The van der Waals surface area contributed by atoms with Crippen LogP contribution in [0.4, 0.5) is 0 Å². The molecule has 2 unspecified atom stereocenters. The van der Waals surface area contributed by atoms with Crippen molar-refractivity contribution in [3.63, 3.8) is 0 Å². The zero-order valence-electron chi connectivity index (χ0n) is 12.5. The van der Waals surface area contributed by atoms with E-state index in [1.165, 1.54) is 0 Å². The summed E-state index contributed by atoms with van der Waals surface area (Å²) in [6.07, 6.45) is 1.86. The molecule has 3 aliphatic heterocycles. The van der Waals surface area contributed by atoms with Crippen LogP contribution in [0.2, 0.25) is 0 Å². The van der Waals surface area contributed by atoms with Gasteiger partial charge in [-0.25, -0.2) is 0 Å². The molecule has 22 heavy (non-hydrogen) atoms. The number of hydrogen-bond donors (Lipinski definition) is 2. The van der Waals surface area contributed by atoms with E-state index in [4.69, 9.17) is 0 Å². The Morgan fingerprint density at radius 3 is 2.32 bits per heavy atom. The van der Waals surface area contributed by atoms with E-state index in [0.717, 1.165) is 42.6 Å². The van der Waals surface area contributed by atoms with Gasteiger partial charge in [0.2, 0.25) is 0 Å². The second-order valence-corrected chi connectivity index (χ2v) is 6.45. The molecule has 3 heterocycles. The first-order valence-electron chi connectivity index (χ1n) is 8.04. The molecule has 2 aromatic carbocycles. The Morgan fingerprint density at radius 1 is 0.955 bits per heavy atom. The Balaban J connectivity index is 1.68. The van der Waals surface area contributed by atoms with Crippen molar-refractivity contribution in [2.75, 3.05) is 13.1 Å². The largest absolute Gasteiger partial charge is 0.507 e. The van der Waals surface area contributed by atoms with Gasteiger partial charge in [-0.15, -0.1) is 0 Å². The monoisotopic (exact) mass is 295 g/mol. The van der Waals surface area contributed by atoms with Crippen LogP contribution in [0, 0.1) is 5.92 Å². The molecule has 2 N–H and O–H groups in total. The number of phenolic OH excluding ortho intramolecular Hbond substituents is 1. The summed E-state index contributed by atoms with van der Waals surface area (Å²) in [6, 6.07) is 15.8. The Kier molecular flexibility index (Phi) is 3.40. The number of benzene rings is 2. The number of piperidine rings is 3. The number of hydrogen-bond acceptors (Lipinski definition) is 3. The molecule has 0 aliphatic carbocycles. The maximum Gasteiger partial charge on any atom is 0.123 e. The van der Waals surface area contributed by atoms with Gasteiger partial charge in [-0.3, -0.25) is 4.90 Å². The lowest BCUT2D eigenvalue weighted by molar-refractivity contribution is -0.0739. The van der Waals surface area contributed by atoms with E-state index in [-0.39, 0.29) is 12.1 Å². The number of aliphatic hydroxyl groups excluding tert-OH is 1. The van der Waals surface area contributed by atoms with Crippen molar-refractivity contribution >= 4 is 0 Å². The van der Waals surface area contributed by atoms with E-state index in [2.05, 4.69) is 11.0 Å². The minimum atomic E-state index is -0.315. The van der Waals surface area contributed by atoms with E-state index < -0.39 is 0 Å². The molecular weight excluding hydrogens is 274 g/mol. The van der Waals surface area contributed by atoms with Gasteiger partial charge in [0.05, 0.1) is 12.1 Å². The van der Waals surface area contributed by atoms with E-state index in [1.807, 2.05) is 42.5 Å². The summed E-state index contributed by atoms with van der Waals surface area (Å²) in [5.41, 5.74) is 2.88. The highest BCUT2D eigenvalue weighted by Crippen LogP contribution is 2.42. The minimum absolute atomic E-state index is 0.0308. The fraction of sp³-hybridized carbons (Fsp3) is 0.368. The van der Waals surface area contributed by atoms with Crippen LogP contribution >= 0.6 is 0 Å². The standard InChI is InChI=1S/C19H21NO2/c21-17-12-15(6-7-16(17)13-4-2-1-3-5-13)18-19(22)14-8-10-20(18)11-9-14/h1-7,12,14,18-19,21-22H,8-11H2. The molecule has 2 atom stereocenters. The van der Waals surface area contributed by atoms with Crippen LogP contribution in [0.1, 0.15) is 24.4 Å². The molecule has 5 rings (SSSR count). The summed E-state index contributed by atoms with van der Waals surface area (Å²) in [6.45, 7) is 2.10. The average molecular weight is 295 g/mol. The van der Waals surface area contributed by atoms with Gasteiger partial charge in [-0.1, -0.05) is 42.5 Å². The molecule has 3 heteroatoms. The van der Waals surface area contributed by atoms with E-state index >= 15 is 0 Å². The maximum absolute atomic E-state index is 10.6. The molecule has 2 bridgehead atoms. The number of nitrogens with zero attached hydrogens (tertiary/aromatic N) is 1. The molecule has 0 spiro atoms. The molecule has 0 aromatic heterocycles. The third kappa shape index (κ3) is 2.21. The first-order valence-corrected chi connectivity index (χ1v) is 8.04. The Hall–Kier alpha value is -1.84. The van der Waals surface area contributed by atoms with Crippen molar-refractivity contribution in [2.24, 2.45) is 5.92 Å². The quantitative estimate of drug-likeness (QED) is 0.894. The zero-order valence-corrected chi connectivity index (χ0v) is 12.5. The van der Waals surface area contributed by atoms with Crippen molar-refractivity contribution in [3.05, 3.63) is 54.1 Å². The minimum Gasteiger partial charge on any atom is -0.507 e. The lowest BCUT2D eigenvalue weighted by atomic mass is 9.78. The van der Waals surface area contributed by atoms with Crippen molar-refractivity contribution in [1.29, 1.82) is 0 Å². The van der Waals surface area contributed by atoms with E-state index in [9.17, 15) is 10.2 Å². The number of aromatic hydroxyl groups is 1. The molecule has 0 saturated carbocycles. The van der Waals surface area contributed by atoms with Gasteiger partial charge >= 0.3 is 0 Å². The number of phenols is 1. The summed E-state index contributed by atoms with van der Waals surface area (Å²) in [5.74, 6) is 0.699. The van der Waals surface area contributed by atoms with E-state index in [0.29, 0.717) is 11.7 Å². The van der Waals surface area contributed by atoms with Gasteiger partial charge in [0.25, 0.3) is 0 Å². The topological polar surface area (TPSA) is 43.7 Å². The molecule has 0 radical (unpaired) electrons. The Morgan fingerprint density at radius 2 is 1.68 bits per heavy atom. The first kappa shape index (κ1) is 13.8. The number of aliphatic hydroxyl groups is 1. The van der Waals surface area contributed by atoms with Crippen LogP contribution in [0.15, 0.2) is 48.5 Å². The molecule has 3 saturated heterocycles. The van der Waals surface area contributed by atoms with Gasteiger partial charge in [0, 0.05) is 5.56 Å². The van der Waals surface area contributed by atoms with Crippen LogP contribution < -0.4 is 0 Å². The van der Waals surface area contributed by atoms with Gasteiger partial charge in [0.1, 0.15) is 5.75 Å².